The van der Waals surface area contributed by atoms with Crippen molar-refractivity contribution in [2.24, 2.45) is 5.92 Å². The number of ether oxygens (including phenoxy) is 2. The number of non-ortho nitro benzene ring substituents is 1. The molecule has 3 rings (SSSR count). The van der Waals surface area contributed by atoms with Crippen molar-refractivity contribution in [3.8, 4) is 5.75 Å². The first kappa shape index (κ1) is 24.7. The first-order chi connectivity index (χ1) is 16.1. The van der Waals surface area contributed by atoms with Crippen molar-refractivity contribution in [3.63, 3.8) is 0 Å². The number of nitrogens with one attached hydrogen (secondary N) is 1. The summed E-state index contributed by atoms with van der Waals surface area (Å²) in [5.41, 5.74) is -1.02. The molecule has 13 heteroatoms. The number of piperidine rings is 1. The van der Waals surface area contributed by atoms with E-state index in [9.17, 15) is 32.9 Å². The van der Waals surface area contributed by atoms with E-state index >= 15 is 0 Å². The number of nitrogens with zero attached hydrogens (tertiary/aromatic N) is 3. The van der Waals surface area contributed by atoms with Crippen LogP contribution < -0.4 is 15.0 Å². The number of benzene rings is 1. The lowest BCUT2D eigenvalue weighted by atomic mass is 9.97. The van der Waals surface area contributed by atoms with E-state index in [1.54, 1.807) is 4.90 Å². The van der Waals surface area contributed by atoms with Gasteiger partial charge in [-0.1, -0.05) is 0 Å². The molecule has 1 saturated heterocycles. The van der Waals surface area contributed by atoms with Crippen molar-refractivity contribution in [2.45, 2.75) is 19.0 Å². The number of nitro groups is 1. The van der Waals surface area contributed by atoms with Crippen LogP contribution in [0.3, 0.4) is 0 Å². The number of carbonyl (C=O) groups excluding carboxylic acids is 2. The number of alkyl halides is 3. The summed E-state index contributed by atoms with van der Waals surface area (Å²) in [6.45, 7) is 0.176. The number of rotatable bonds is 7. The Kier molecular flexibility index (Phi) is 7.54. The fourth-order valence-corrected chi connectivity index (χ4v) is 3.43. The average molecular weight is 482 g/mol. The molecule has 1 aliphatic rings. The van der Waals surface area contributed by atoms with Gasteiger partial charge in [0.15, 0.2) is 6.61 Å². The van der Waals surface area contributed by atoms with E-state index in [1.165, 1.54) is 25.3 Å². The van der Waals surface area contributed by atoms with Crippen LogP contribution in [0.2, 0.25) is 0 Å². The molecule has 10 nitrogen and oxygen atoms in total. The first-order valence-electron chi connectivity index (χ1n) is 10.2. The van der Waals surface area contributed by atoms with Crippen LogP contribution in [0.4, 0.5) is 30.4 Å². The molecular formula is C21H21F3N4O6. The number of halogens is 3. The predicted molar refractivity (Wildman–Crippen MR) is 113 cm³/mol. The number of hydrogen-bond acceptors (Lipinski definition) is 8. The van der Waals surface area contributed by atoms with Gasteiger partial charge in [0.1, 0.15) is 11.6 Å². The van der Waals surface area contributed by atoms with E-state index in [4.69, 9.17) is 9.47 Å². The van der Waals surface area contributed by atoms with Crippen LogP contribution in [-0.2, 0) is 20.5 Å². The zero-order chi connectivity index (χ0) is 24.9. The van der Waals surface area contributed by atoms with Gasteiger partial charge < -0.3 is 19.7 Å². The zero-order valence-electron chi connectivity index (χ0n) is 18.0. The summed E-state index contributed by atoms with van der Waals surface area (Å²) in [4.78, 5) is 40.4. The maximum Gasteiger partial charge on any atom is 0.417 e. The Morgan fingerprint density at radius 1 is 1.24 bits per heavy atom. The lowest BCUT2D eigenvalue weighted by Gasteiger charge is -2.31. The number of nitro benzene ring substituents is 1. The number of methoxy groups -OCH3 is 1. The average Bonchev–Trinajstić information content (AvgIpc) is 2.82. The number of esters is 1. The van der Waals surface area contributed by atoms with Gasteiger partial charge >= 0.3 is 12.1 Å². The molecule has 0 unspecified atom stereocenters. The third kappa shape index (κ3) is 6.11. The predicted octanol–water partition coefficient (Wildman–Crippen LogP) is 3.42. The van der Waals surface area contributed by atoms with E-state index in [0.717, 1.165) is 18.3 Å². The Labute approximate surface area is 191 Å². The van der Waals surface area contributed by atoms with E-state index in [0.29, 0.717) is 31.7 Å². The minimum Gasteiger partial charge on any atom is -0.495 e. The standard InChI is InChI=1S/C21H21F3N4O6/c1-33-17-4-3-15(28(31)32)10-16(17)26-19(29)12-34-20(30)13-6-8-27(9-7-13)18-5-2-14(11-25-18)21(22,23)24/h2-5,10-11,13H,6-9,12H2,1H3,(H,26,29). The molecule has 0 spiro atoms. The van der Waals surface area contributed by atoms with Crippen LogP contribution in [0.5, 0.6) is 5.75 Å². The van der Waals surface area contributed by atoms with Gasteiger partial charge in [-0.05, 0) is 31.0 Å². The van der Waals surface area contributed by atoms with Crippen LogP contribution >= 0.6 is 0 Å². The van der Waals surface area contributed by atoms with Gasteiger partial charge in [-0.15, -0.1) is 0 Å². The van der Waals surface area contributed by atoms with Crippen molar-refractivity contribution >= 4 is 29.1 Å². The second-order valence-corrected chi connectivity index (χ2v) is 7.46. The second-order valence-electron chi connectivity index (χ2n) is 7.46. The molecule has 34 heavy (non-hydrogen) atoms. The van der Waals surface area contributed by atoms with Gasteiger partial charge in [0.2, 0.25) is 0 Å². The fraction of sp³-hybridized carbons (Fsp3) is 0.381. The minimum atomic E-state index is -4.46. The van der Waals surface area contributed by atoms with Crippen molar-refractivity contribution in [1.82, 2.24) is 4.98 Å². The molecule has 1 amide bonds. The van der Waals surface area contributed by atoms with Gasteiger partial charge in [0.25, 0.3) is 11.6 Å². The fourth-order valence-electron chi connectivity index (χ4n) is 3.43. The SMILES string of the molecule is COc1ccc([N+](=O)[O-])cc1NC(=O)COC(=O)C1CCN(c2ccc(C(F)(F)F)cn2)CC1. The first-order valence-corrected chi connectivity index (χ1v) is 10.2. The van der Waals surface area contributed by atoms with Crippen LogP contribution in [-0.4, -0.2) is 48.6 Å². The Hall–Kier alpha value is -3.90. The van der Waals surface area contributed by atoms with Gasteiger partial charge in [-0.2, -0.15) is 13.2 Å². The maximum absolute atomic E-state index is 12.7. The second kappa shape index (κ2) is 10.4. The summed E-state index contributed by atoms with van der Waals surface area (Å²) in [5.74, 6) is -1.18. The van der Waals surface area contributed by atoms with E-state index in [-0.39, 0.29) is 17.1 Å². The van der Waals surface area contributed by atoms with Crippen molar-refractivity contribution in [2.75, 3.05) is 37.0 Å². The molecule has 182 valence electrons. The number of hydrogen-bond donors (Lipinski definition) is 1. The molecule has 2 heterocycles. The topological polar surface area (TPSA) is 124 Å². The monoisotopic (exact) mass is 482 g/mol. The summed E-state index contributed by atoms with van der Waals surface area (Å²) < 4.78 is 48.2. The Morgan fingerprint density at radius 2 is 1.94 bits per heavy atom. The van der Waals surface area contributed by atoms with E-state index < -0.39 is 41.1 Å². The molecular weight excluding hydrogens is 461 g/mol. The molecule has 1 N–H and O–H groups in total. The van der Waals surface area contributed by atoms with Gasteiger partial charge in [0.05, 0.1) is 29.2 Å². The number of anilines is 2. The third-order valence-corrected chi connectivity index (χ3v) is 5.24. The summed E-state index contributed by atoms with van der Waals surface area (Å²) in [6.07, 6.45) is -2.94. The van der Waals surface area contributed by atoms with Gasteiger partial charge in [0, 0.05) is 31.4 Å². The molecule has 1 aromatic carbocycles. The Balaban J connectivity index is 1.49. The smallest absolute Gasteiger partial charge is 0.417 e. The highest BCUT2D eigenvalue weighted by Crippen LogP contribution is 2.31. The van der Waals surface area contributed by atoms with Crippen LogP contribution in [0.15, 0.2) is 36.5 Å². The number of aromatic nitrogens is 1. The van der Waals surface area contributed by atoms with Gasteiger partial charge in [-0.25, -0.2) is 4.98 Å². The van der Waals surface area contributed by atoms with Crippen LogP contribution in [0.25, 0.3) is 0 Å². The Morgan fingerprint density at radius 3 is 2.50 bits per heavy atom. The number of amides is 1. The lowest BCUT2D eigenvalue weighted by Crippen LogP contribution is -2.38. The summed E-state index contributed by atoms with van der Waals surface area (Å²) in [7, 11) is 1.34. The molecule has 0 saturated carbocycles. The normalized spacial score (nSPS) is 14.4. The van der Waals surface area contributed by atoms with Crippen molar-refractivity contribution in [3.05, 3.63) is 52.2 Å². The van der Waals surface area contributed by atoms with Crippen LogP contribution in [0, 0.1) is 16.0 Å². The largest absolute Gasteiger partial charge is 0.495 e. The molecule has 0 radical (unpaired) electrons. The third-order valence-electron chi connectivity index (χ3n) is 5.24. The van der Waals surface area contributed by atoms with Crippen molar-refractivity contribution < 1.29 is 37.2 Å². The summed E-state index contributed by atoms with van der Waals surface area (Å²) in [5, 5.41) is 13.3. The lowest BCUT2D eigenvalue weighted by molar-refractivity contribution is -0.384. The molecule has 1 aromatic heterocycles. The Bertz CT molecular complexity index is 1050. The number of pyridine rings is 1. The minimum absolute atomic E-state index is 0.0649. The molecule has 2 aromatic rings. The highest BCUT2D eigenvalue weighted by atomic mass is 19.4. The molecule has 0 atom stereocenters. The zero-order valence-corrected chi connectivity index (χ0v) is 18.0. The van der Waals surface area contributed by atoms with E-state index in [1.807, 2.05) is 0 Å². The number of carbonyl (C=O) groups is 2. The summed E-state index contributed by atoms with van der Waals surface area (Å²) >= 11 is 0. The summed E-state index contributed by atoms with van der Waals surface area (Å²) in [6, 6.07) is 5.93. The van der Waals surface area contributed by atoms with Crippen molar-refractivity contribution in [1.29, 1.82) is 0 Å². The molecule has 1 fully saturated rings. The molecule has 0 bridgehead atoms. The molecule has 0 aliphatic carbocycles. The van der Waals surface area contributed by atoms with Crippen LogP contribution in [0.1, 0.15) is 18.4 Å². The highest BCUT2D eigenvalue weighted by Gasteiger charge is 2.32. The quantitative estimate of drug-likeness (QED) is 0.362. The highest BCUT2D eigenvalue weighted by molar-refractivity contribution is 5.94. The maximum atomic E-state index is 12.7. The molecule has 1 aliphatic heterocycles. The van der Waals surface area contributed by atoms with E-state index in [2.05, 4.69) is 10.3 Å². The van der Waals surface area contributed by atoms with Gasteiger partial charge in [-0.3, -0.25) is 19.7 Å².